The molecule has 0 fully saturated rings. The van der Waals surface area contributed by atoms with Crippen molar-refractivity contribution in [3.05, 3.63) is 96.2 Å². The van der Waals surface area contributed by atoms with E-state index in [0.717, 1.165) is 16.8 Å². The summed E-state index contributed by atoms with van der Waals surface area (Å²) in [6.45, 7) is 0. The number of aromatic carboxylic acids is 1. The summed E-state index contributed by atoms with van der Waals surface area (Å²) in [4.78, 5) is 50.9. The third-order valence-electron chi connectivity index (χ3n) is 6.74. The number of benzene rings is 2. The molecule has 9 nitrogen and oxygen atoms in total. The smallest absolute Gasteiger partial charge is 0.416 e. The van der Waals surface area contributed by atoms with Crippen LogP contribution in [0.4, 0.5) is 13.2 Å². The van der Waals surface area contributed by atoms with Gasteiger partial charge in [-0.05, 0) is 48.2 Å². The molecule has 0 spiro atoms. The predicted octanol–water partition coefficient (Wildman–Crippen LogP) is 2.44. The summed E-state index contributed by atoms with van der Waals surface area (Å²) >= 11 is 0. The Kier molecular flexibility index (Phi) is 5.09. The van der Waals surface area contributed by atoms with Crippen molar-refractivity contribution in [1.82, 2.24) is 18.3 Å². The van der Waals surface area contributed by atoms with Gasteiger partial charge in [0.1, 0.15) is 5.56 Å². The fourth-order valence-corrected chi connectivity index (χ4v) is 4.99. The lowest BCUT2D eigenvalue weighted by Crippen LogP contribution is -2.43. The minimum Gasteiger partial charge on any atom is -0.477 e. The van der Waals surface area contributed by atoms with E-state index in [0.29, 0.717) is 15.6 Å². The van der Waals surface area contributed by atoms with Gasteiger partial charge in [0.05, 0.1) is 28.3 Å². The molecule has 2 heterocycles. The van der Waals surface area contributed by atoms with Crippen molar-refractivity contribution in [2.24, 2.45) is 14.1 Å². The number of imidazole rings is 1. The zero-order valence-electron chi connectivity index (χ0n) is 19.0. The van der Waals surface area contributed by atoms with Crippen molar-refractivity contribution >= 4 is 17.0 Å². The van der Waals surface area contributed by atoms with E-state index >= 15 is 0 Å². The van der Waals surface area contributed by atoms with Crippen molar-refractivity contribution in [3.63, 3.8) is 0 Å². The van der Waals surface area contributed by atoms with E-state index in [2.05, 4.69) is 0 Å². The minimum absolute atomic E-state index is 0.0192. The number of carbonyl (C=O) groups is 1. The second kappa shape index (κ2) is 7.83. The fraction of sp³-hybridized carbons (Fsp3) is 0.250. The van der Waals surface area contributed by atoms with Crippen molar-refractivity contribution in [3.8, 4) is 5.69 Å². The molecule has 12 heteroatoms. The first-order chi connectivity index (χ1) is 16.9. The first-order valence-electron chi connectivity index (χ1n) is 10.9. The number of carboxylic acid groups (broad SMARTS) is 1. The molecule has 0 radical (unpaired) electrons. The summed E-state index contributed by atoms with van der Waals surface area (Å²) in [6, 6.07) is 7.06. The average molecular weight is 500 g/mol. The van der Waals surface area contributed by atoms with Gasteiger partial charge in [-0.1, -0.05) is 12.1 Å². The number of aryl methyl sites for hydroxylation is 2. The fourth-order valence-electron chi connectivity index (χ4n) is 4.99. The number of hydrogen-bond acceptors (Lipinski definition) is 4. The monoisotopic (exact) mass is 500 g/mol. The molecular formula is C24H19F3N4O5. The summed E-state index contributed by atoms with van der Waals surface area (Å²) in [7, 11) is 3.11. The van der Waals surface area contributed by atoms with Crippen LogP contribution in [0.3, 0.4) is 0 Å². The number of carboxylic acids is 1. The van der Waals surface area contributed by atoms with Crippen LogP contribution in [0.15, 0.2) is 57.0 Å². The summed E-state index contributed by atoms with van der Waals surface area (Å²) < 4.78 is 45.0. The molecule has 0 amide bonds. The number of hydrogen-bond donors (Lipinski definition) is 1. The van der Waals surface area contributed by atoms with Gasteiger partial charge < -0.3 is 5.11 Å². The summed E-state index contributed by atoms with van der Waals surface area (Å²) in [6.07, 6.45) is -3.73. The van der Waals surface area contributed by atoms with Gasteiger partial charge in [-0.25, -0.2) is 14.4 Å². The minimum atomic E-state index is -4.62. The molecule has 1 unspecified atom stereocenters. The molecule has 1 atom stereocenters. The Morgan fingerprint density at radius 2 is 1.69 bits per heavy atom. The summed E-state index contributed by atoms with van der Waals surface area (Å²) in [5.41, 5.74) is -2.53. The Morgan fingerprint density at radius 1 is 1.00 bits per heavy atom. The number of halogens is 3. The van der Waals surface area contributed by atoms with Gasteiger partial charge in [0.15, 0.2) is 0 Å². The van der Waals surface area contributed by atoms with Crippen LogP contribution < -0.4 is 16.9 Å². The normalized spacial score (nSPS) is 15.4. The number of alkyl halides is 3. The molecule has 0 aliphatic heterocycles. The Bertz CT molecular complexity index is 1760. The van der Waals surface area contributed by atoms with Gasteiger partial charge in [0, 0.05) is 20.3 Å². The van der Waals surface area contributed by atoms with Crippen LogP contribution in [0.1, 0.15) is 39.5 Å². The number of fused-ring (bicyclic) bond motifs is 2. The molecule has 0 saturated heterocycles. The van der Waals surface area contributed by atoms with Gasteiger partial charge in [-0.2, -0.15) is 13.2 Å². The van der Waals surface area contributed by atoms with E-state index in [1.54, 1.807) is 13.1 Å². The highest BCUT2D eigenvalue weighted by Gasteiger charge is 2.38. The van der Waals surface area contributed by atoms with E-state index < -0.39 is 40.6 Å². The first-order valence-corrected chi connectivity index (χ1v) is 10.9. The van der Waals surface area contributed by atoms with E-state index in [9.17, 15) is 37.5 Å². The maximum absolute atomic E-state index is 13.6. The molecule has 2 aromatic carbocycles. The predicted molar refractivity (Wildman–Crippen MR) is 123 cm³/mol. The lowest BCUT2D eigenvalue weighted by Gasteiger charge is -2.19. The number of nitrogens with zero attached hydrogens (tertiary/aromatic N) is 4. The van der Waals surface area contributed by atoms with Gasteiger partial charge >= 0.3 is 23.5 Å². The first kappa shape index (κ1) is 23.4. The van der Waals surface area contributed by atoms with E-state index in [1.807, 2.05) is 0 Å². The number of aromatic nitrogens is 4. The molecule has 0 saturated carbocycles. The highest BCUT2D eigenvalue weighted by Crippen LogP contribution is 2.41. The molecule has 4 aromatic rings. The van der Waals surface area contributed by atoms with Gasteiger partial charge in [-0.3, -0.25) is 23.1 Å². The second-order valence-electron chi connectivity index (χ2n) is 8.67. The van der Waals surface area contributed by atoms with Gasteiger partial charge in [0.2, 0.25) is 0 Å². The van der Waals surface area contributed by atoms with Gasteiger partial charge in [0.25, 0.3) is 5.56 Å². The molecule has 2 aromatic heterocycles. The van der Waals surface area contributed by atoms with Crippen molar-refractivity contribution < 1.29 is 23.1 Å². The van der Waals surface area contributed by atoms with Crippen LogP contribution in [0.5, 0.6) is 0 Å². The zero-order chi connectivity index (χ0) is 26.1. The third-order valence-corrected chi connectivity index (χ3v) is 6.74. The maximum Gasteiger partial charge on any atom is 0.416 e. The quantitative estimate of drug-likeness (QED) is 0.465. The molecule has 0 bridgehead atoms. The molecular weight excluding hydrogens is 481 g/mol. The lowest BCUT2D eigenvalue weighted by molar-refractivity contribution is -0.138. The van der Waals surface area contributed by atoms with Crippen LogP contribution in [0.25, 0.3) is 16.7 Å². The van der Waals surface area contributed by atoms with E-state index in [1.165, 1.54) is 40.4 Å². The maximum atomic E-state index is 13.6. The Hall–Kier alpha value is -4.35. The average Bonchev–Trinajstić information content (AvgIpc) is 3.33. The van der Waals surface area contributed by atoms with Crippen LogP contribution in [-0.4, -0.2) is 29.3 Å². The topological polar surface area (TPSA) is 108 Å². The van der Waals surface area contributed by atoms with E-state index in [-0.39, 0.29) is 35.3 Å². The molecule has 1 aliphatic rings. The largest absolute Gasteiger partial charge is 0.477 e. The Morgan fingerprint density at radius 3 is 2.36 bits per heavy atom. The van der Waals surface area contributed by atoms with Gasteiger partial charge in [-0.15, -0.1) is 0 Å². The van der Waals surface area contributed by atoms with Crippen molar-refractivity contribution in [2.45, 2.75) is 25.1 Å². The summed E-state index contributed by atoms with van der Waals surface area (Å²) in [5.74, 6) is -1.59. The second-order valence-corrected chi connectivity index (χ2v) is 8.67. The molecule has 186 valence electrons. The van der Waals surface area contributed by atoms with Crippen LogP contribution in [-0.2, 0) is 26.7 Å². The highest BCUT2D eigenvalue weighted by atomic mass is 19.4. The molecule has 1 aliphatic carbocycles. The van der Waals surface area contributed by atoms with Crippen LogP contribution in [0, 0.1) is 0 Å². The Balaban J connectivity index is 1.77. The molecule has 1 N–H and O–H groups in total. The lowest BCUT2D eigenvalue weighted by atomic mass is 10.0. The van der Waals surface area contributed by atoms with Crippen molar-refractivity contribution in [2.75, 3.05) is 0 Å². The third kappa shape index (κ3) is 3.32. The van der Waals surface area contributed by atoms with Crippen LogP contribution >= 0.6 is 0 Å². The number of rotatable bonds is 3. The van der Waals surface area contributed by atoms with Crippen molar-refractivity contribution in [1.29, 1.82) is 0 Å². The summed E-state index contributed by atoms with van der Waals surface area (Å²) in [5, 5.41) is 9.67. The standard InChI is InChI=1S/C24H19F3N4O5/c1-28-18-8-6-12(10-19(18)29(2)22(28)35)30-11-15(21(33)34)20(32)31(23(30)36)17-9-7-13-14(17)4-3-5-16(13)24(25,26)27/h3-6,8,10-11,17H,7,9H2,1-2H3,(H,33,34). The zero-order valence-corrected chi connectivity index (χ0v) is 19.0. The van der Waals surface area contributed by atoms with E-state index in [4.69, 9.17) is 0 Å². The SMILES string of the molecule is Cn1c(=O)n(C)c2cc(-n3cc(C(=O)O)c(=O)n(C4CCc5c4cccc5C(F)(F)F)c3=O)ccc21. The Labute approximate surface area is 199 Å². The molecule has 36 heavy (non-hydrogen) atoms. The highest BCUT2D eigenvalue weighted by molar-refractivity contribution is 5.87. The molecule has 5 rings (SSSR count). The van der Waals surface area contributed by atoms with Crippen LogP contribution in [0.2, 0.25) is 0 Å².